The molecular weight excluding hydrogens is 500 g/mol. The number of esters is 1. The number of hydrogen-bond donors (Lipinski definition) is 1. The van der Waals surface area contributed by atoms with E-state index in [0.29, 0.717) is 6.42 Å². The molecule has 8 heteroatoms. The Morgan fingerprint density at radius 3 is 2.18 bits per heavy atom. The first-order chi connectivity index (χ1) is 18.3. The fourth-order valence-corrected chi connectivity index (χ4v) is 6.60. The molecule has 3 unspecified atom stereocenters. The highest BCUT2D eigenvalue weighted by molar-refractivity contribution is 7.89. The average molecular weight is 537 g/mol. The molecule has 3 aromatic rings. The van der Waals surface area contributed by atoms with E-state index in [1.54, 1.807) is 31.4 Å². The summed E-state index contributed by atoms with van der Waals surface area (Å²) in [5, 5.41) is 3.59. The van der Waals surface area contributed by atoms with Crippen molar-refractivity contribution in [2.45, 2.75) is 49.2 Å². The number of sulfonamides is 1. The van der Waals surface area contributed by atoms with Crippen molar-refractivity contribution in [3.8, 4) is 16.9 Å². The van der Waals surface area contributed by atoms with Crippen molar-refractivity contribution in [3.63, 3.8) is 0 Å². The lowest BCUT2D eigenvalue weighted by atomic mass is 9.81. The predicted molar refractivity (Wildman–Crippen MR) is 148 cm³/mol. The van der Waals surface area contributed by atoms with Crippen LogP contribution in [0.4, 0.5) is 0 Å². The normalized spacial score (nSPS) is 18.6. The summed E-state index contributed by atoms with van der Waals surface area (Å²) < 4.78 is 38.8. The van der Waals surface area contributed by atoms with Gasteiger partial charge in [0.1, 0.15) is 11.8 Å². The molecule has 4 rings (SSSR count). The van der Waals surface area contributed by atoms with E-state index < -0.39 is 22.0 Å². The molecule has 1 fully saturated rings. The van der Waals surface area contributed by atoms with E-state index in [4.69, 9.17) is 9.47 Å². The predicted octanol–water partition coefficient (Wildman–Crippen LogP) is 4.87. The summed E-state index contributed by atoms with van der Waals surface area (Å²) in [6, 6.07) is 23.8. The van der Waals surface area contributed by atoms with E-state index in [2.05, 4.69) is 17.4 Å². The summed E-state index contributed by atoms with van der Waals surface area (Å²) in [4.78, 5) is 13.1. The van der Waals surface area contributed by atoms with Gasteiger partial charge in [0, 0.05) is 19.6 Å². The van der Waals surface area contributed by atoms with Crippen LogP contribution in [0.15, 0.2) is 83.8 Å². The smallest absolute Gasteiger partial charge is 0.324 e. The van der Waals surface area contributed by atoms with Crippen LogP contribution in [0.5, 0.6) is 5.75 Å². The highest BCUT2D eigenvalue weighted by Gasteiger charge is 2.41. The van der Waals surface area contributed by atoms with Gasteiger partial charge >= 0.3 is 5.97 Å². The lowest BCUT2D eigenvalue weighted by molar-refractivity contribution is -0.147. The molecule has 1 aliphatic rings. The minimum atomic E-state index is -3.93. The van der Waals surface area contributed by atoms with Crippen molar-refractivity contribution in [1.29, 1.82) is 0 Å². The number of rotatable bonds is 10. The lowest BCUT2D eigenvalue weighted by Gasteiger charge is -2.37. The second kappa shape index (κ2) is 12.6. The van der Waals surface area contributed by atoms with E-state index >= 15 is 0 Å². The third-order valence-electron chi connectivity index (χ3n) is 7.39. The molecule has 38 heavy (non-hydrogen) atoms. The zero-order valence-corrected chi connectivity index (χ0v) is 23.0. The van der Waals surface area contributed by atoms with Crippen molar-refractivity contribution in [3.05, 3.63) is 84.4 Å². The standard InChI is InChI=1S/C30H36N2O5S/c1-32(38(34,35)28-18-14-24(15-19-28)23-12-16-27(36-2)17-13-23)29(30(33)37-3)25-10-7-11-26(20-25)31-21-22-8-5-4-6-9-22/h4-6,8-9,12-19,25-26,29,31H,7,10-11,20-21H2,1-3H3. The van der Waals surface area contributed by atoms with Crippen LogP contribution in [0.25, 0.3) is 11.1 Å². The van der Waals surface area contributed by atoms with Crippen LogP contribution >= 0.6 is 0 Å². The molecule has 0 heterocycles. The van der Waals surface area contributed by atoms with Gasteiger partial charge < -0.3 is 14.8 Å². The number of hydrogen-bond acceptors (Lipinski definition) is 6. The van der Waals surface area contributed by atoms with E-state index in [1.165, 1.54) is 24.0 Å². The number of benzene rings is 3. The highest BCUT2D eigenvalue weighted by atomic mass is 32.2. The number of methoxy groups -OCH3 is 2. The van der Waals surface area contributed by atoms with Crippen LogP contribution in [-0.4, -0.2) is 52.0 Å². The molecule has 1 N–H and O–H groups in total. The molecule has 1 aliphatic carbocycles. The maximum absolute atomic E-state index is 13.6. The van der Waals surface area contributed by atoms with Crippen LogP contribution in [-0.2, 0) is 26.1 Å². The zero-order valence-electron chi connectivity index (χ0n) is 22.2. The van der Waals surface area contributed by atoms with Gasteiger partial charge in [0.05, 0.1) is 19.1 Å². The van der Waals surface area contributed by atoms with Crippen LogP contribution in [0.3, 0.4) is 0 Å². The minimum absolute atomic E-state index is 0.140. The molecule has 1 saturated carbocycles. The monoisotopic (exact) mass is 536 g/mol. The molecule has 3 aromatic carbocycles. The van der Waals surface area contributed by atoms with Crippen LogP contribution in [0.1, 0.15) is 31.2 Å². The maximum atomic E-state index is 13.6. The average Bonchev–Trinajstić information content (AvgIpc) is 2.97. The third-order valence-corrected chi connectivity index (χ3v) is 9.24. The highest BCUT2D eigenvalue weighted by Crippen LogP contribution is 2.33. The number of nitrogens with zero attached hydrogens (tertiary/aromatic N) is 1. The molecule has 0 aliphatic heterocycles. The summed E-state index contributed by atoms with van der Waals surface area (Å²) in [6.45, 7) is 0.732. The number of ether oxygens (including phenoxy) is 2. The number of nitrogens with one attached hydrogen (secondary N) is 1. The Labute approximate surface area is 225 Å². The van der Waals surface area contributed by atoms with Crippen molar-refractivity contribution in [2.75, 3.05) is 21.3 Å². The van der Waals surface area contributed by atoms with E-state index in [0.717, 1.165) is 42.7 Å². The van der Waals surface area contributed by atoms with Gasteiger partial charge in [0.15, 0.2) is 0 Å². The molecule has 0 spiro atoms. The second-order valence-electron chi connectivity index (χ2n) is 9.73. The zero-order chi connectivity index (χ0) is 27.1. The lowest BCUT2D eigenvalue weighted by Crippen LogP contribution is -2.50. The van der Waals surface area contributed by atoms with Crippen LogP contribution in [0, 0.1) is 5.92 Å². The number of carbonyl (C=O) groups excluding carboxylic acids is 1. The number of likely N-dealkylation sites (N-methyl/N-ethyl adjacent to an activating group) is 1. The summed E-state index contributed by atoms with van der Waals surface area (Å²) >= 11 is 0. The summed E-state index contributed by atoms with van der Waals surface area (Å²) in [5.74, 6) is 0.0751. The van der Waals surface area contributed by atoms with Gasteiger partial charge in [-0.15, -0.1) is 0 Å². The maximum Gasteiger partial charge on any atom is 0.324 e. The van der Waals surface area contributed by atoms with Gasteiger partial charge in [-0.1, -0.05) is 61.0 Å². The van der Waals surface area contributed by atoms with Gasteiger partial charge in [-0.25, -0.2) is 8.42 Å². The molecule has 0 radical (unpaired) electrons. The molecule has 0 aromatic heterocycles. The Balaban J connectivity index is 1.50. The molecule has 0 saturated heterocycles. The Bertz CT molecular complexity index is 1290. The minimum Gasteiger partial charge on any atom is -0.497 e. The van der Waals surface area contributed by atoms with Crippen molar-refractivity contribution >= 4 is 16.0 Å². The van der Waals surface area contributed by atoms with E-state index in [-0.39, 0.29) is 16.9 Å². The Hall–Kier alpha value is -3.20. The summed E-state index contributed by atoms with van der Waals surface area (Å²) in [7, 11) is 0.474. The van der Waals surface area contributed by atoms with Crippen molar-refractivity contribution in [1.82, 2.24) is 9.62 Å². The third kappa shape index (κ3) is 6.43. The second-order valence-corrected chi connectivity index (χ2v) is 11.7. The Morgan fingerprint density at radius 2 is 1.58 bits per heavy atom. The first kappa shape index (κ1) is 27.8. The molecule has 202 valence electrons. The fourth-order valence-electron chi connectivity index (χ4n) is 5.23. The Kier molecular flexibility index (Phi) is 9.20. The van der Waals surface area contributed by atoms with E-state index in [1.807, 2.05) is 42.5 Å². The fraction of sp³-hybridized carbons (Fsp3) is 0.367. The van der Waals surface area contributed by atoms with Gasteiger partial charge in [0.2, 0.25) is 10.0 Å². The molecular formula is C30H36N2O5S. The first-order valence-corrected chi connectivity index (χ1v) is 14.3. The van der Waals surface area contributed by atoms with Gasteiger partial charge in [-0.2, -0.15) is 4.31 Å². The van der Waals surface area contributed by atoms with Crippen LogP contribution < -0.4 is 10.1 Å². The van der Waals surface area contributed by atoms with Gasteiger partial charge in [-0.05, 0) is 66.1 Å². The first-order valence-electron chi connectivity index (χ1n) is 12.9. The van der Waals surface area contributed by atoms with Crippen molar-refractivity contribution < 1.29 is 22.7 Å². The van der Waals surface area contributed by atoms with Gasteiger partial charge in [0.25, 0.3) is 0 Å². The molecule has 0 amide bonds. The summed E-state index contributed by atoms with van der Waals surface area (Å²) in [5.41, 5.74) is 3.03. The quantitative estimate of drug-likeness (QED) is 0.372. The largest absolute Gasteiger partial charge is 0.497 e. The Morgan fingerprint density at radius 1 is 0.947 bits per heavy atom. The van der Waals surface area contributed by atoms with E-state index in [9.17, 15) is 13.2 Å². The topological polar surface area (TPSA) is 84.9 Å². The molecule has 3 atom stereocenters. The summed E-state index contributed by atoms with van der Waals surface area (Å²) in [6.07, 6.45) is 3.36. The number of carbonyl (C=O) groups is 1. The molecule has 7 nitrogen and oxygen atoms in total. The molecule has 0 bridgehead atoms. The van der Waals surface area contributed by atoms with Crippen molar-refractivity contribution in [2.24, 2.45) is 5.92 Å². The van der Waals surface area contributed by atoms with Gasteiger partial charge in [-0.3, -0.25) is 4.79 Å². The SMILES string of the molecule is COC(=O)C(C1CCCC(NCc2ccccc2)C1)N(C)S(=O)(=O)c1ccc(-c2ccc(OC)cc2)cc1. The van der Waals surface area contributed by atoms with Crippen LogP contribution in [0.2, 0.25) is 0 Å².